The highest BCUT2D eigenvalue weighted by molar-refractivity contribution is 9.10. The van der Waals surface area contributed by atoms with Crippen LogP contribution >= 0.6 is 15.9 Å². The molecule has 0 radical (unpaired) electrons. The van der Waals surface area contributed by atoms with Gasteiger partial charge < -0.3 is 11.1 Å². The molecule has 4 heteroatoms. The SMILES string of the molecule is N=Cc1cc(Br)cnc1N. The highest BCUT2D eigenvalue weighted by atomic mass is 79.9. The molecule has 10 heavy (non-hydrogen) atoms. The summed E-state index contributed by atoms with van der Waals surface area (Å²) in [7, 11) is 0. The van der Waals surface area contributed by atoms with Gasteiger partial charge in [0.2, 0.25) is 0 Å². The Morgan fingerprint density at radius 2 is 2.40 bits per heavy atom. The van der Waals surface area contributed by atoms with Crippen LogP contribution in [0.25, 0.3) is 0 Å². The van der Waals surface area contributed by atoms with Crippen LogP contribution < -0.4 is 5.73 Å². The van der Waals surface area contributed by atoms with Crippen molar-refractivity contribution in [2.24, 2.45) is 0 Å². The number of nitrogens with two attached hydrogens (primary N) is 1. The van der Waals surface area contributed by atoms with Gasteiger partial charge in [-0.2, -0.15) is 0 Å². The molecule has 3 nitrogen and oxygen atoms in total. The van der Waals surface area contributed by atoms with Crippen LogP contribution in [0.1, 0.15) is 5.56 Å². The predicted molar refractivity (Wildman–Crippen MR) is 44.2 cm³/mol. The molecule has 0 atom stereocenters. The zero-order chi connectivity index (χ0) is 7.56. The Morgan fingerprint density at radius 3 is 2.90 bits per heavy atom. The number of nitrogen functional groups attached to an aromatic ring is 1. The van der Waals surface area contributed by atoms with Crippen molar-refractivity contribution in [2.75, 3.05) is 5.73 Å². The fraction of sp³-hybridized carbons (Fsp3) is 0. The fourth-order valence-corrected chi connectivity index (χ4v) is 0.930. The predicted octanol–water partition coefficient (Wildman–Crippen LogP) is 1.42. The van der Waals surface area contributed by atoms with Crippen LogP contribution in [0, 0.1) is 5.41 Å². The molecule has 0 aliphatic carbocycles. The molecule has 0 aromatic carbocycles. The molecular formula is C6H6BrN3. The maximum atomic E-state index is 6.92. The molecule has 0 saturated heterocycles. The van der Waals surface area contributed by atoms with Gasteiger partial charge in [0.25, 0.3) is 0 Å². The van der Waals surface area contributed by atoms with E-state index in [0.29, 0.717) is 11.4 Å². The lowest BCUT2D eigenvalue weighted by Gasteiger charge is -1.96. The molecule has 1 aromatic heterocycles. The second-order valence-electron chi connectivity index (χ2n) is 1.77. The van der Waals surface area contributed by atoms with Crippen LogP contribution in [0.15, 0.2) is 16.7 Å². The Morgan fingerprint density at radius 1 is 1.70 bits per heavy atom. The monoisotopic (exact) mass is 199 g/mol. The largest absolute Gasteiger partial charge is 0.383 e. The van der Waals surface area contributed by atoms with Gasteiger partial charge in [0, 0.05) is 22.4 Å². The van der Waals surface area contributed by atoms with Crippen LogP contribution in [0.3, 0.4) is 0 Å². The number of nitrogens with one attached hydrogen (secondary N) is 1. The normalized spacial score (nSPS) is 9.30. The molecule has 0 amide bonds. The maximum Gasteiger partial charge on any atom is 0.132 e. The van der Waals surface area contributed by atoms with E-state index >= 15 is 0 Å². The minimum Gasteiger partial charge on any atom is -0.383 e. The van der Waals surface area contributed by atoms with Crippen LogP contribution in [0.5, 0.6) is 0 Å². The van der Waals surface area contributed by atoms with Crippen molar-refractivity contribution in [3.8, 4) is 0 Å². The van der Waals surface area contributed by atoms with Crippen LogP contribution in [-0.2, 0) is 0 Å². The van der Waals surface area contributed by atoms with E-state index in [1.807, 2.05) is 0 Å². The fourth-order valence-electron chi connectivity index (χ4n) is 0.581. The quantitative estimate of drug-likeness (QED) is 0.673. The van der Waals surface area contributed by atoms with Gasteiger partial charge >= 0.3 is 0 Å². The van der Waals surface area contributed by atoms with Crippen LogP contribution in [0.4, 0.5) is 5.82 Å². The molecular weight excluding hydrogens is 194 g/mol. The number of pyridine rings is 1. The molecule has 3 N–H and O–H groups in total. The number of nitrogens with zero attached hydrogens (tertiary/aromatic N) is 1. The summed E-state index contributed by atoms with van der Waals surface area (Å²) in [4.78, 5) is 3.83. The standard InChI is InChI=1S/C6H6BrN3/c7-5-1-4(2-8)6(9)10-3-5/h1-3,8H,(H2,9,10). The third-order valence-corrected chi connectivity index (χ3v) is 1.51. The average molecular weight is 200 g/mol. The molecule has 1 heterocycles. The maximum absolute atomic E-state index is 6.92. The van der Waals surface area contributed by atoms with Crippen LogP contribution in [-0.4, -0.2) is 11.2 Å². The number of aromatic nitrogens is 1. The zero-order valence-electron chi connectivity index (χ0n) is 5.13. The van der Waals surface area contributed by atoms with Crippen LogP contribution in [0.2, 0.25) is 0 Å². The molecule has 0 bridgehead atoms. The van der Waals surface area contributed by atoms with Gasteiger partial charge in [-0.15, -0.1) is 0 Å². The molecule has 0 saturated carbocycles. The van der Waals surface area contributed by atoms with Crippen molar-refractivity contribution in [3.63, 3.8) is 0 Å². The summed E-state index contributed by atoms with van der Waals surface area (Å²) < 4.78 is 0.834. The van der Waals surface area contributed by atoms with Crippen molar-refractivity contribution in [1.29, 1.82) is 5.41 Å². The Labute approximate surface area is 66.9 Å². The van der Waals surface area contributed by atoms with E-state index in [4.69, 9.17) is 11.1 Å². The third kappa shape index (κ3) is 1.33. The van der Waals surface area contributed by atoms with E-state index < -0.39 is 0 Å². The summed E-state index contributed by atoms with van der Waals surface area (Å²) >= 11 is 3.22. The lowest BCUT2D eigenvalue weighted by molar-refractivity contribution is 1.31. The first kappa shape index (κ1) is 7.21. The van der Waals surface area contributed by atoms with Gasteiger partial charge in [-0.05, 0) is 22.0 Å². The smallest absolute Gasteiger partial charge is 0.132 e. The van der Waals surface area contributed by atoms with Gasteiger partial charge in [-0.3, -0.25) is 0 Å². The zero-order valence-corrected chi connectivity index (χ0v) is 6.72. The lowest BCUT2D eigenvalue weighted by Crippen LogP contribution is -1.95. The second-order valence-corrected chi connectivity index (χ2v) is 2.69. The minimum absolute atomic E-state index is 0.387. The lowest BCUT2D eigenvalue weighted by atomic mass is 10.3. The van der Waals surface area contributed by atoms with E-state index in [1.54, 1.807) is 12.3 Å². The molecule has 1 rings (SSSR count). The summed E-state index contributed by atoms with van der Waals surface area (Å²) in [6.45, 7) is 0. The topological polar surface area (TPSA) is 62.8 Å². The van der Waals surface area contributed by atoms with E-state index in [1.165, 1.54) is 6.21 Å². The van der Waals surface area contributed by atoms with E-state index in [2.05, 4.69) is 20.9 Å². The number of hydrogen-bond donors (Lipinski definition) is 2. The summed E-state index contributed by atoms with van der Waals surface area (Å²) in [5, 5.41) is 6.92. The van der Waals surface area contributed by atoms with Gasteiger partial charge in [-0.25, -0.2) is 4.98 Å². The minimum atomic E-state index is 0.387. The van der Waals surface area contributed by atoms with Gasteiger partial charge in [0.05, 0.1) is 0 Å². The number of rotatable bonds is 1. The average Bonchev–Trinajstić information content (AvgIpc) is 1.94. The first-order chi connectivity index (χ1) is 4.74. The molecule has 0 spiro atoms. The molecule has 52 valence electrons. The summed E-state index contributed by atoms with van der Waals surface area (Å²) in [5.74, 6) is 0.387. The molecule has 1 aromatic rings. The van der Waals surface area contributed by atoms with E-state index in [9.17, 15) is 0 Å². The van der Waals surface area contributed by atoms with Gasteiger partial charge in [-0.1, -0.05) is 0 Å². The van der Waals surface area contributed by atoms with Gasteiger partial charge in [0.15, 0.2) is 0 Å². The second kappa shape index (κ2) is 2.79. The number of anilines is 1. The van der Waals surface area contributed by atoms with Crippen molar-refractivity contribution >= 4 is 28.0 Å². The van der Waals surface area contributed by atoms with Crippen molar-refractivity contribution in [2.45, 2.75) is 0 Å². The highest BCUT2D eigenvalue weighted by Crippen LogP contribution is 2.12. The molecule has 0 aliphatic heterocycles. The van der Waals surface area contributed by atoms with Crippen molar-refractivity contribution in [3.05, 3.63) is 22.3 Å². The summed E-state index contributed by atoms with van der Waals surface area (Å²) in [5.41, 5.74) is 6.05. The van der Waals surface area contributed by atoms with Gasteiger partial charge in [0.1, 0.15) is 5.82 Å². The van der Waals surface area contributed by atoms with Crippen molar-refractivity contribution < 1.29 is 0 Å². The first-order valence-electron chi connectivity index (χ1n) is 2.65. The third-order valence-electron chi connectivity index (χ3n) is 1.07. The summed E-state index contributed by atoms with van der Waals surface area (Å²) in [6, 6.07) is 1.75. The Balaban J connectivity index is 3.21. The molecule has 0 unspecified atom stereocenters. The Hall–Kier alpha value is -0.900. The molecule has 0 fully saturated rings. The Kier molecular flexibility index (Phi) is 2.01. The number of halogens is 1. The Bertz CT molecular complexity index is 259. The van der Waals surface area contributed by atoms with Crippen molar-refractivity contribution in [1.82, 2.24) is 4.98 Å². The first-order valence-corrected chi connectivity index (χ1v) is 3.45. The summed E-state index contributed by atoms with van der Waals surface area (Å²) in [6.07, 6.45) is 2.77. The van der Waals surface area contributed by atoms with E-state index in [-0.39, 0.29) is 0 Å². The number of hydrogen-bond acceptors (Lipinski definition) is 3. The van der Waals surface area contributed by atoms with E-state index in [0.717, 1.165) is 4.47 Å². The highest BCUT2D eigenvalue weighted by Gasteiger charge is 1.95. The molecule has 0 aliphatic rings.